The van der Waals surface area contributed by atoms with E-state index in [1.165, 1.54) is 11.3 Å². The Labute approximate surface area is 190 Å². The van der Waals surface area contributed by atoms with Gasteiger partial charge in [-0.15, -0.1) is 10.2 Å². The third-order valence-corrected chi connectivity index (χ3v) is 6.91. The minimum absolute atomic E-state index is 0.212. The van der Waals surface area contributed by atoms with Gasteiger partial charge in [0.05, 0.1) is 18.3 Å². The number of hydrogen-bond acceptors (Lipinski definition) is 9. The fourth-order valence-electron chi connectivity index (χ4n) is 4.37. The van der Waals surface area contributed by atoms with Gasteiger partial charge >= 0.3 is 0 Å². The van der Waals surface area contributed by atoms with E-state index in [0.717, 1.165) is 41.5 Å². The van der Waals surface area contributed by atoms with Gasteiger partial charge in [0.15, 0.2) is 0 Å². The summed E-state index contributed by atoms with van der Waals surface area (Å²) in [5, 5.41) is 21.0. The van der Waals surface area contributed by atoms with E-state index in [9.17, 15) is 4.79 Å². The molecular weight excluding hydrogens is 426 g/mol. The Morgan fingerprint density at radius 1 is 1.31 bits per heavy atom. The van der Waals surface area contributed by atoms with Crippen molar-refractivity contribution in [1.29, 1.82) is 0 Å². The summed E-state index contributed by atoms with van der Waals surface area (Å²) in [6.45, 7) is 2.07. The molecule has 5 rings (SSSR count). The van der Waals surface area contributed by atoms with Crippen LogP contribution in [-0.4, -0.2) is 51.1 Å². The maximum atomic E-state index is 12.5. The molecule has 3 unspecified atom stereocenters. The van der Waals surface area contributed by atoms with Crippen LogP contribution in [0.15, 0.2) is 36.7 Å². The Kier molecular flexibility index (Phi) is 6.12. The second-order valence-electron chi connectivity index (χ2n) is 8.27. The van der Waals surface area contributed by atoms with E-state index >= 15 is 0 Å². The minimum atomic E-state index is -0.212. The normalized spacial score (nSPS) is 22.5. The number of nitrogens with two attached hydrogens (primary N) is 1. The van der Waals surface area contributed by atoms with Crippen molar-refractivity contribution >= 4 is 28.1 Å². The molecule has 1 saturated carbocycles. The van der Waals surface area contributed by atoms with E-state index in [1.807, 2.05) is 24.3 Å². The molecule has 0 spiro atoms. The van der Waals surface area contributed by atoms with Crippen LogP contribution in [0.2, 0.25) is 0 Å². The zero-order valence-corrected chi connectivity index (χ0v) is 18.4. The number of benzene rings is 1. The highest BCUT2D eigenvalue weighted by Gasteiger charge is 2.34. The zero-order valence-electron chi connectivity index (χ0n) is 17.6. The summed E-state index contributed by atoms with van der Waals surface area (Å²) in [7, 11) is 0. The highest BCUT2D eigenvalue weighted by Crippen LogP contribution is 2.32. The Morgan fingerprint density at radius 2 is 2.25 bits per heavy atom. The second kappa shape index (κ2) is 9.33. The first-order valence-corrected chi connectivity index (χ1v) is 11.7. The van der Waals surface area contributed by atoms with Crippen molar-refractivity contribution in [3.63, 3.8) is 0 Å². The monoisotopic (exact) mass is 453 g/mol. The van der Waals surface area contributed by atoms with Crippen LogP contribution in [0, 0.1) is 5.92 Å². The van der Waals surface area contributed by atoms with Gasteiger partial charge in [0.25, 0.3) is 5.91 Å². The summed E-state index contributed by atoms with van der Waals surface area (Å²) >= 11 is 1.54. The van der Waals surface area contributed by atoms with Gasteiger partial charge < -0.3 is 16.4 Å². The van der Waals surface area contributed by atoms with Crippen LogP contribution in [0.3, 0.4) is 0 Å². The second-order valence-corrected chi connectivity index (χ2v) is 9.25. The smallest absolute Gasteiger partial charge is 0.258 e. The van der Waals surface area contributed by atoms with Gasteiger partial charge in [-0.2, -0.15) is 5.10 Å². The highest BCUT2D eigenvalue weighted by molar-refractivity contribution is 7.18. The average Bonchev–Trinajstić information content (AvgIpc) is 3.55. The average molecular weight is 454 g/mol. The van der Waals surface area contributed by atoms with Gasteiger partial charge in [-0.05, 0) is 37.3 Å². The minimum Gasteiger partial charge on any atom is -0.357 e. The lowest BCUT2D eigenvalue weighted by molar-refractivity contribution is 0.102. The number of anilines is 2. The third-order valence-electron chi connectivity index (χ3n) is 6.01. The van der Waals surface area contributed by atoms with Crippen LogP contribution in [-0.2, 0) is 6.54 Å². The first-order chi connectivity index (χ1) is 15.7. The Hall–Kier alpha value is -2.86. The lowest BCUT2D eigenvalue weighted by Gasteiger charge is -2.30. The van der Waals surface area contributed by atoms with Crippen molar-refractivity contribution in [1.82, 2.24) is 30.8 Å². The van der Waals surface area contributed by atoms with E-state index < -0.39 is 0 Å². The number of nitrogens with zero attached hydrogens (tertiary/aromatic N) is 4. The molecule has 3 aromatic rings. The van der Waals surface area contributed by atoms with Gasteiger partial charge in [-0.3, -0.25) is 20.3 Å². The highest BCUT2D eigenvalue weighted by atomic mass is 32.1. The van der Waals surface area contributed by atoms with Crippen molar-refractivity contribution in [2.75, 3.05) is 23.7 Å². The van der Waals surface area contributed by atoms with E-state index in [4.69, 9.17) is 5.73 Å². The molecule has 1 saturated heterocycles. The Morgan fingerprint density at radius 3 is 3.16 bits per heavy atom. The van der Waals surface area contributed by atoms with Crippen LogP contribution in [0.4, 0.5) is 10.8 Å². The first kappa shape index (κ1) is 21.0. The quantitative estimate of drug-likeness (QED) is 0.365. The number of aromatic nitrogens is 4. The van der Waals surface area contributed by atoms with Crippen LogP contribution in [0.5, 0.6) is 0 Å². The van der Waals surface area contributed by atoms with Crippen LogP contribution >= 0.6 is 11.3 Å². The van der Waals surface area contributed by atoms with Gasteiger partial charge in [0.1, 0.15) is 5.01 Å². The molecule has 1 aromatic carbocycles. The van der Waals surface area contributed by atoms with Crippen LogP contribution < -0.4 is 27.2 Å². The summed E-state index contributed by atoms with van der Waals surface area (Å²) in [6.07, 6.45) is 6.65. The molecule has 2 aliphatic rings. The molecule has 0 radical (unpaired) electrons. The summed E-state index contributed by atoms with van der Waals surface area (Å²) in [4.78, 5) is 12.5. The van der Waals surface area contributed by atoms with E-state index in [-0.39, 0.29) is 5.91 Å². The van der Waals surface area contributed by atoms with Crippen LogP contribution in [0.1, 0.15) is 29.6 Å². The standard InChI is InChI=1S/C21H27N9OS/c22-6-7-30-12-15(11-24-30)19(31)25-16-3-1-2-13(8-16)20-28-29-21(32-20)26-17-4-5-18-14(9-17)10-23-27-18/h1-3,8,11-12,14,17-18,23,27H,4-7,9-10,22H2,(H,25,31)(H,26,29). The molecule has 10 nitrogen and oxygen atoms in total. The molecule has 0 bridgehead atoms. The first-order valence-electron chi connectivity index (χ1n) is 10.9. The van der Waals surface area contributed by atoms with Crippen molar-refractivity contribution in [2.24, 2.45) is 11.7 Å². The number of amides is 1. The predicted molar refractivity (Wildman–Crippen MR) is 124 cm³/mol. The number of hydrogen-bond donors (Lipinski definition) is 5. The lowest BCUT2D eigenvalue weighted by Crippen LogP contribution is -2.39. The van der Waals surface area contributed by atoms with Crippen molar-refractivity contribution in [3.8, 4) is 10.6 Å². The largest absolute Gasteiger partial charge is 0.357 e. The number of rotatable bonds is 7. The summed E-state index contributed by atoms with van der Waals surface area (Å²) < 4.78 is 1.66. The van der Waals surface area contributed by atoms with Gasteiger partial charge in [0, 0.05) is 42.6 Å². The number of carbonyl (C=O) groups excluding carboxylic acids is 1. The fraction of sp³-hybridized carbons (Fsp3) is 0.429. The molecule has 1 aliphatic carbocycles. The summed E-state index contributed by atoms with van der Waals surface area (Å²) in [5.41, 5.74) is 14.3. The molecule has 32 heavy (non-hydrogen) atoms. The number of nitrogens with one attached hydrogen (secondary N) is 4. The van der Waals surface area contributed by atoms with Gasteiger partial charge in [-0.25, -0.2) is 0 Å². The van der Waals surface area contributed by atoms with Crippen molar-refractivity contribution < 1.29 is 4.79 Å². The van der Waals surface area contributed by atoms with E-state index in [1.54, 1.807) is 17.1 Å². The molecule has 3 heterocycles. The van der Waals surface area contributed by atoms with Crippen molar-refractivity contribution in [2.45, 2.75) is 37.9 Å². The Bertz CT molecular complexity index is 1080. The molecule has 6 N–H and O–H groups in total. The predicted octanol–water partition coefficient (Wildman–Crippen LogP) is 1.67. The van der Waals surface area contributed by atoms with Crippen LogP contribution in [0.25, 0.3) is 10.6 Å². The molecule has 2 fully saturated rings. The Balaban J connectivity index is 1.22. The topological polar surface area (TPSA) is 135 Å². The summed E-state index contributed by atoms with van der Waals surface area (Å²) in [6, 6.07) is 8.65. The molecule has 2 aromatic heterocycles. The summed E-state index contributed by atoms with van der Waals surface area (Å²) in [5.74, 6) is 0.452. The SMILES string of the molecule is NCCn1cc(C(=O)Nc2cccc(-c3nnc(NC4CCC5NNCC5C4)s3)c2)cn1. The molecule has 3 atom stereocenters. The maximum absolute atomic E-state index is 12.5. The molecule has 1 aliphatic heterocycles. The number of fused-ring (bicyclic) bond motifs is 1. The lowest BCUT2D eigenvalue weighted by atomic mass is 9.83. The van der Waals surface area contributed by atoms with Crippen molar-refractivity contribution in [3.05, 3.63) is 42.2 Å². The molecule has 168 valence electrons. The van der Waals surface area contributed by atoms with Gasteiger partial charge in [0.2, 0.25) is 5.13 Å². The zero-order chi connectivity index (χ0) is 21.9. The number of hydrazine groups is 1. The van der Waals surface area contributed by atoms with Gasteiger partial charge in [-0.1, -0.05) is 23.5 Å². The number of carbonyl (C=O) groups is 1. The molecule has 1 amide bonds. The molecule has 11 heteroatoms. The van der Waals surface area contributed by atoms with E-state index in [2.05, 4.69) is 36.8 Å². The fourth-order valence-corrected chi connectivity index (χ4v) is 5.19. The third kappa shape index (κ3) is 4.65. The maximum Gasteiger partial charge on any atom is 0.258 e. The van der Waals surface area contributed by atoms with E-state index in [0.29, 0.717) is 42.3 Å². The molecular formula is C21H27N9OS.